The van der Waals surface area contributed by atoms with Crippen molar-refractivity contribution in [1.82, 2.24) is 4.90 Å². The number of amides is 2. The Hall–Kier alpha value is -2.04. The summed E-state index contributed by atoms with van der Waals surface area (Å²) in [6, 6.07) is 4.49. The summed E-state index contributed by atoms with van der Waals surface area (Å²) >= 11 is 0. The van der Waals surface area contributed by atoms with E-state index in [4.69, 9.17) is 4.74 Å². The van der Waals surface area contributed by atoms with E-state index in [0.29, 0.717) is 11.1 Å². The molecule has 1 aromatic carbocycles. The number of imide groups is 1. The molecule has 0 saturated carbocycles. The van der Waals surface area contributed by atoms with E-state index in [1.54, 1.807) is 26.8 Å². The zero-order valence-electron chi connectivity index (χ0n) is 10.6. The van der Waals surface area contributed by atoms with E-state index in [9.17, 15) is 14.7 Å². The van der Waals surface area contributed by atoms with Gasteiger partial charge in [0, 0.05) is 5.56 Å². The smallest absolute Gasteiger partial charge is 0.417 e. The fraction of sp³-hybridized carbons (Fsp3) is 0.385. The van der Waals surface area contributed by atoms with Crippen LogP contribution in [0.4, 0.5) is 4.79 Å². The summed E-state index contributed by atoms with van der Waals surface area (Å²) in [7, 11) is 0. The standard InChI is InChI=1S/C13H15NO4/c1-13(2,3)18-12(17)14-7-8-4-5-9(15)6-10(8)11(14)16/h4-6,15H,7H2,1-3H3. The van der Waals surface area contributed by atoms with Crippen LogP contribution in [0.3, 0.4) is 0 Å². The second kappa shape index (κ2) is 4.01. The molecule has 0 spiro atoms. The Balaban J connectivity index is 2.21. The third-order valence-corrected chi connectivity index (χ3v) is 2.51. The number of hydrogen-bond donors (Lipinski definition) is 1. The molecular weight excluding hydrogens is 234 g/mol. The Labute approximate surface area is 105 Å². The van der Waals surface area contributed by atoms with E-state index in [1.165, 1.54) is 12.1 Å². The van der Waals surface area contributed by atoms with Crippen molar-refractivity contribution in [1.29, 1.82) is 0 Å². The molecule has 1 aliphatic heterocycles. The highest BCUT2D eigenvalue weighted by atomic mass is 16.6. The number of ether oxygens (including phenoxy) is 1. The number of phenols is 1. The van der Waals surface area contributed by atoms with Crippen molar-refractivity contribution in [3.05, 3.63) is 29.3 Å². The van der Waals surface area contributed by atoms with Crippen LogP contribution in [-0.4, -0.2) is 27.6 Å². The van der Waals surface area contributed by atoms with Crippen molar-refractivity contribution in [3.8, 4) is 5.75 Å². The first-order valence-electron chi connectivity index (χ1n) is 5.65. The van der Waals surface area contributed by atoms with Gasteiger partial charge in [0.25, 0.3) is 5.91 Å². The lowest BCUT2D eigenvalue weighted by Gasteiger charge is -2.23. The summed E-state index contributed by atoms with van der Waals surface area (Å²) < 4.78 is 5.16. The lowest BCUT2D eigenvalue weighted by Crippen LogP contribution is -2.36. The number of rotatable bonds is 0. The summed E-state index contributed by atoms with van der Waals surface area (Å²) in [6.07, 6.45) is -0.664. The van der Waals surface area contributed by atoms with Crippen LogP contribution in [0.2, 0.25) is 0 Å². The second-order valence-electron chi connectivity index (χ2n) is 5.21. The maximum Gasteiger partial charge on any atom is 0.417 e. The van der Waals surface area contributed by atoms with Crippen molar-refractivity contribution in [2.45, 2.75) is 32.9 Å². The van der Waals surface area contributed by atoms with Crippen LogP contribution in [-0.2, 0) is 11.3 Å². The molecule has 1 heterocycles. The highest BCUT2D eigenvalue weighted by Gasteiger charge is 2.35. The number of hydrogen-bond acceptors (Lipinski definition) is 4. The van der Waals surface area contributed by atoms with E-state index in [0.717, 1.165) is 4.90 Å². The predicted octanol–water partition coefficient (Wildman–Crippen LogP) is 2.28. The second-order valence-corrected chi connectivity index (χ2v) is 5.21. The van der Waals surface area contributed by atoms with Gasteiger partial charge in [-0.05, 0) is 38.5 Å². The maximum atomic E-state index is 12.0. The third kappa shape index (κ3) is 2.30. The Morgan fingerprint density at radius 2 is 2.06 bits per heavy atom. The molecule has 0 atom stereocenters. The molecule has 0 saturated heterocycles. The summed E-state index contributed by atoms with van der Waals surface area (Å²) in [6.45, 7) is 5.41. The zero-order chi connectivity index (χ0) is 13.5. The molecule has 0 aromatic heterocycles. The van der Waals surface area contributed by atoms with Crippen LogP contribution in [0.5, 0.6) is 5.75 Å². The quantitative estimate of drug-likeness (QED) is 0.766. The van der Waals surface area contributed by atoms with Crippen LogP contribution in [0, 0.1) is 0 Å². The minimum absolute atomic E-state index is 0.00754. The molecule has 18 heavy (non-hydrogen) atoms. The Bertz CT molecular complexity index is 516. The molecule has 1 N–H and O–H groups in total. The van der Waals surface area contributed by atoms with Crippen molar-refractivity contribution in [2.75, 3.05) is 0 Å². The van der Waals surface area contributed by atoms with E-state index in [-0.39, 0.29) is 12.3 Å². The number of aromatic hydroxyl groups is 1. The van der Waals surface area contributed by atoms with Gasteiger partial charge in [-0.2, -0.15) is 0 Å². The molecule has 5 heteroatoms. The van der Waals surface area contributed by atoms with Gasteiger partial charge >= 0.3 is 6.09 Å². The van der Waals surface area contributed by atoms with Gasteiger partial charge in [0.2, 0.25) is 0 Å². The number of carbonyl (C=O) groups is 2. The average molecular weight is 249 g/mol. The number of phenolic OH excluding ortho intramolecular Hbond substituents is 1. The van der Waals surface area contributed by atoms with Crippen LogP contribution in [0.15, 0.2) is 18.2 Å². The van der Waals surface area contributed by atoms with Crippen molar-refractivity contribution >= 4 is 12.0 Å². The fourth-order valence-electron chi connectivity index (χ4n) is 1.75. The SMILES string of the molecule is CC(C)(C)OC(=O)N1Cc2ccc(O)cc2C1=O. The largest absolute Gasteiger partial charge is 0.508 e. The third-order valence-electron chi connectivity index (χ3n) is 2.51. The number of fused-ring (bicyclic) bond motifs is 1. The molecule has 1 aliphatic rings. The Morgan fingerprint density at radius 3 is 2.67 bits per heavy atom. The number of benzene rings is 1. The highest BCUT2D eigenvalue weighted by Crippen LogP contribution is 2.27. The van der Waals surface area contributed by atoms with Crippen LogP contribution in [0.25, 0.3) is 0 Å². The summed E-state index contributed by atoms with van der Waals surface area (Å²) in [5.74, 6) is -0.428. The lowest BCUT2D eigenvalue weighted by molar-refractivity contribution is 0.0248. The molecule has 5 nitrogen and oxygen atoms in total. The van der Waals surface area contributed by atoms with E-state index < -0.39 is 17.6 Å². The van der Waals surface area contributed by atoms with Gasteiger partial charge in [-0.25, -0.2) is 9.69 Å². The minimum Gasteiger partial charge on any atom is -0.508 e. The molecule has 96 valence electrons. The predicted molar refractivity (Wildman–Crippen MR) is 64.2 cm³/mol. The van der Waals surface area contributed by atoms with Crippen LogP contribution < -0.4 is 0 Å². The van der Waals surface area contributed by atoms with Gasteiger partial charge in [0.1, 0.15) is 11.4 Å². The number of nitrogens with zero attached hydrogens (tertiary/aromatic N) is 1. The van der Waals surface area contributed by atoms with Crippen LogP contribution >= 0.6 is 0 Å². The van der Waals surface area contributed by atoms with E-state index in [1.807, 2.05) is 0 Å². The monoisotopic (exact) mass is 249 g/mol. The minimum atomic E-state index is -0.664. The topological polar surface area (TPSA) is 66.8 Å². The molecule has 0 radical (unpaired) electrons. The first-order chi connectivity index (χ1) is 8.28. The first-order valence-corrected chi connectivity index (χ1v) is 5.65. The zero-order valence-corrected chi connectivity index (χ0v) is 10.6. The molecule has 0 bridgehead atoms. The summed E-state index contributed by atoms with van der Waals surface area (Å²) in [5, 5.41) is 9.34. The fourth-order valence-corrected chi connectivity index (χ4v) is 1.75. The normalized spacial score (nSPS) is 14.6. The van der Waals surface area contributed by atoms with E-state index >= 15 is 0 Å². The van der Waals surface area contributed by atoms with E-state index in [2.05, 4.69) is 0 Å². The molecule has 0 aliphatic carbocycles. The van der Waals surface area contributed by atoms with Crippen molar-refractivity contribution in [3.63, 3.8) is 0 Å². The summed E-state index contributed by atoms with van der Waals surface area (Å²) in [4.78, 5) is 24.9. The first kappa shape index (κ1) is 12.4. The Morgan fingerprint density at radius 1 is 1.39 bits per heavy atom. The van der Waals surface area contributed by atoms with Gasteiger partial charge in [-0.15, -0.1) is 0 Å². The van der Waals surface area contributed by atoms with Crippen LogP contribution in [0.1, 0.15) is 36.7 Å². The molecular formula is C13H15NO4. The average Bonchev–Trinajstić information content (AvgIpc) is 2.54. The number of carbonyl (C=O) groups excluding carboxylic acids is 2. The summed E-state index contributed by atoms with van der Waals surface area (Å²) in [5.41, 5.74) is 0.415. The molecule has 0 fully saturated rings. The molecule has 2 amide bonds. The lowest BCUT2D eigenvalue weighted by atomic mass is 10.1. The van der Waals surface area contributed by atoms with Gasteiger partial charge in [0.15, 0.2) is 0 Å². The molecule has 2 rings (SSSR count). The van der Waals surface area contributed by atoms with Gasteiger partial charge in [-0.3, -0.25) is 4.79 Å². The van der Waals surface area contributed by atoms with Gasteiger partial charge in [0.05, 0.1) is 6.54 Å². The van der Waals surface area contributed by atoms with Gasteiger partial charge in [-0.1, -0.05) is 6.07 Å². The highest BCUT2D eigenvalue weighted by molar-refractivity contribution is 6.06. The van der Waals surface area contributed by atoms with Crippen molar-refractivity contribution < 1.29 is 19.4 Å². The molecule has 0 unspecified atom stereocenters. The van der Waals surface area contributed by atoms with Crippen molar-refractivity contribution in [2.24, 2.45) is 0 Å². The molecule has 1 aromatic rings. The Kier molecular flexibility index (Phi) is 2.77. The van der Waals surface area contributed by atoms with Gasteiger partial charge < -0.3 is 9.84 Å². The maximum absolute atomic E-state index is 12.0.